The van der Waals surface area contributed by atoms with Gasteiger partial charge in [-0.15, -0.1) is 0 Å². The first kappa shape index (κ1) is 18.3. The van der Waals surface area contributed by atoms with Gasteiger partial charge in [0.25, 0.3) is 0 Å². The second kappa shape index (κ2) is 6.68. The molecular weight excluding hydrogens is 364 g/mol. The highest BCUT2D eigenvalue weighted by atomic mass is 16.5. The van der Waals surface area contributed by atoms with Crippen LogP contribution >= 0.6 is 0 Å². The molecule has 7 nitrogen and oxygen atoms in total. The molecule has 2 atom stereocenters. The fraction of sp³-hybridized carbons (Fsp3) is 0.500. The quantitative estimate of drug-likeness (QED) is 0.645. The Morgan fingerprint density at radius 2 is 2.07 bits per heavy atom. The number of fused-ring (bicyclic) bond motifs is 1. The van der Waals surface area contributed by atoms with E-state index in [4.69, 9.17) is 11.3 Å². The molecule has 0 saturated carbocycles. The van der Waals surface area contributed by atoms with Crippen molar-refractivity contribution in [2.75, 3.05) is 26.3 Å². The Morgan fingerprint density at radius 1 is 1.24 bits per heavy atom. The number of aryl methyl sites for hydroxylation is 2. The van der Waals surface area contributed by atoms with Crippen LogP contribution in [0, 0.1) is 19.4 Å². The smallest absolute Gasteiger partial charge is 0.334 e. The summed E-state index contributed by atoms with van der Waals surface area (Å²) in [5.74, 6) is 0.963. The van der Waals surface area contributed by atoms with Gasteiger partial charge in [0.05, 0.1) is 24.1 Å². The number of hydrogen-bond donors (Lipinski definition) is 0. The minimum atomic E-state index is -0.419. The molecule has 2 fully saturated rings. The Kier molecular flexibility index (Phi) is 4.23. The number of ether oxygens (including phenoxy) is 1. The van der Waals surface area contributed by atoms with Gasteiger partial charge in [0.2, 0.25) is 0 Å². The molecule has 29 heavy (non-hydrogen) atoms. The standard InChI is InChI=1S/C22H26N6O/c1-15-7-17-9-25-28(18-10-24-26(4)12-18)21(17)8-20(15)19-5-6-27(11-16(19)2)22(23-3)13-29-14-22/h7-10,12,16,19H,5-6,11,13-14H2,1-2,4H3/t16-,19?/m1/s1. The molecule has 0 spiro atoms. The van der Waals surface area contributed by atoms with Gasteiger partial charge < -0.3 is 4.74 Å². The predicted octanol–water partition coefficient (Wildman–Crippen LogP) is 3.14. The molecular formula is C22H26N6O. The molecule has 2 aliphatic heterocycles. The van der Waals surface area contributed by atoms with Crippen molar-refractivity contribution < 1.29 is 4.74 Å². The molecule has 2 aliphatic rings. The monoisotopic (exact) mass is 390 g/mol. The Labute approximate surface area is 170 Å². The fourth-order valence-electron chi connectivity index (χ4n) is 4.91. The summed E-state index contributed by atoms with van der Waals surface area (Å²) in [6.07, 6.45) is 6.82. The summed E-state index contributed by atoms with van der Waals surface area (Å²) in [7, 11) is 1.92. The molecule has 0 radical (unpaired) electrons. The number of nitrogens with zero attached hydrogens (tertiary/aromatic N) is 6. The van der Waals surface area contributed by atoms with Gasteiger partial charge in [0.1, 0.15) is 18.9 Å². The van der Waals surface area contributed by atoms with Gasteiger partial charge in [-0.3, -0.25) is 9.53 Å². The van der Waals surface area contributed by atoms with Gasteiger partial charge >= 0.3 is 5.66 Å². The molecule has 2 aromatic heterocycles. The topological polar surface area (TPSA) is 52.5 Å². The second-order valence-corrected chi connectivity index (χ2v) is 8.60. The number of hydrogen-bond acceptors (Lipinski definition) is 4. The zero-order valence-electron chi connectivity index (χ0n) is 17.2. The van der Waals surface area contributed by atoms with Crippen LogP contribution in [0.15, 0.2) is 30.7 Å². The number of likely N-dealkylation sites (tertiary alicyclic amines) is 1. The first-order valence-corrected chi connectivity index (χ1v) is 10.2. The number of benzene rings is 1. The molecule has 2 saturated heterocycles. The van der Waals surface area contributed by atoms with Crippen LogP contribution in [0.5, 0.6) is 0 Å². The van der Waals surface area contributed by atoms with Crippen LogP contribution in [0.25, 0.3) is 21.4 Å². The van der Waals surface area contributed by atoms with E-state index >= 15 is 0 Å². The van der Waals surface area contributed by atoms with E-state index in [1.807, 2.05) is 30.3 Å². The number of rotatable bonds is 3. The minimum Gasteiger partial charge on any atom is -0.361 e. The molecule has 5 rings (SSSR count). The lowest BCUT2D eigenvalue weighted by Crippen LogP contribution is -2.62. The molecule has 7 heteroatoms. The van der Waals surface area contributed by atoms with E-state index in [1.54, 1.807) is 4.68 Å². The zero-order chi connectivity index (χ0) is 20.2. The third-order valence-electron chi connectivity index (χ3n) is 6.66. The maximum absolute atomic E-state index is 7.62. The van der Waals surface area contributed by atoms with Gasteiger partial charge in [0.15, 0.2) is 0 Å². The average molecular weight is 390 g/mol. The summed E-state index contributed by atoms with van der Waals surface area (Å²) in [6, 6.07) is 4.57. The molecule has 0 amide bonds. The van der Waals surface area contributed by atoms with Gasteiger partial charge in [-0.05, 0) is 48.4 Å². The second-order valence-electron chi connectivity index (χ2n) is 8.60. The van der Waals surface area contributed by atoms with Gasteiger partial charge in [-0.25, -0.2) is 16.2 Å². The highest BCUT2D eigenvalue weighted by Gasteiger charge is 2.53. The van der Waals surface area contributed by atoms with Crippen molar-refractivity contribution in [2.24, 2.45) is 13.0 Å². The largest absolute Gasteiger partial charge is 0.361 e. The summed E-state index contributed by atoms with van der Waals surface area (Å²) < 4.78 is 9.15. The molecule has 150 valence electrons. The van der Waals surface area contributed by atoms with Crippen LogP contribution in [0.2, 0.25) is 0 Å². The highest BCUT2D eigenvalue weighted by molar-refractivity contribution is 5.82. The van der Waals surface area contributed by atoms with Crippen LogP contribution in [-0.4, -0.2) is 56.4 Å². The molecule has 4 heterocycles. The minimum absolute atomic E-state index is 0.419. The Balaban J connectivity index is 1.47. The van der Waals surface area contributed by atoms with Crippen molar-refractivity contribution in [3.8, 4) is 5.69 Å². The zero-order valence-corrected chi connectivity index (χ0v) is 17.2. The predicted molar refractivity (Wildman–Crippen MR) is 111 cm³/mol. The van der Waals surface area contributed by atoms with Gasteiger partial charge in [-0.1, -0.05) is 6.92 Å². The van der Waals surface area contributed by atoms with Crippen molar-refractivity contribution >= 4 is 10.9 Å². The van der Waals surface area contributed by atoms with Gasteiger partial charge in [0, 0.05) is 25.5 Å². The van der Waals surface area contributed by atoms with Crippen LogP contribution in [0.3, 0.4) is 0 Å². The van der Waals surface area contributed by atoms with Crippen LogP contribution in [-0.2, 0) is 11.8 Å². The summed E-state index contributed by atoms with van der Waals surface area (Å²) in [5, 5.41) is 10.0. The fourth-order valence-corrected chi connectivity index (χ4v) is 4.91. The van der Waals surface area contributed by atoms with Gasteiger partial charge in [-0.2, -0.15) is 10.2 Å². The Bertz CT molecular complexity index is 1100. The van der Waals surface area contributed by atoms with E-state index in [9.17, 15) is 0 Å². The molecule has 0 bridgehead atoms. The Morgan fingerprint density at radius 3 is 2.69 bits per heavy atom. The molecule has 3 aromatic rings. The van der Waals surface area contributed by atoms with E-state index in [1.165, 1.54) is 11.1 Å². The van der Waals surface area contributed by atoms with Crippen molar-refractivity contribution in [3.63, 3.8) is 0 Å². The maximum Gasteiger partial charge on any atom is 0.334 e. The SMILES string of the molecule is [C-]#[N+]C1(N2CCC(c3cc4c(cnn4-c4cnn(C)c4)cc3C)[C@H](C)C2)COC1. The van der Waals surface area contributed by atoms with Crippen molar-refractivity contribution in [1.82, 2.24) is 24.5 Å². The number of aromatic nitrogens is 4. The normalized spacial score (nSPS) is 24.3. The lowest BCUT2D eigenvalue weighted by atomic mass is 9.78. The summed E-state index contributed by atoms with van der Waals surface area (Å²) in [4.78, 5) is 6.26. The molecule has 1 aromatic carbocycles. The third kappa shape index (κ3) is 2.86. The maximum atomic E-state index is 7.62. The lowest BCUT2D eigenvalue weighted by molar-refractivity contribution is -0.125. The highest BCUT2D eigenvalue weighted by Crippen LogP contribution is 2.40. The molecule has 0 N–H and O–H groups in total. The van der Waals surface area contributed by atoms with E-state index in [2.05, 4.69) is 45.9 Å². The van der Waals surface area contributed by atoms with Crippen molar-refractivity contribution in [2.45, 2.75) is 31.8 Å². The average Bonchev–Trinajstić information content (AvgIpc) is 3.26. The van der Waals surface area contributed by atoms with E-state index in [0.717, 1.165) is 36.1 Å². The van der Waals surface area contributed by atoms with E-state index in [-0.39, 0.29) is 0 Å². The third-order valence-corrected chi connectivity index (χ3v) is 6.66. The van der Waals surface area contributed by atoms with Crippen molar-refractivity contribution in [3.05, 3.63) is 53.3 Å². The van der Waals surface area contributed by atoms with Crippen LogP contribution in [0.1, 0.15) is 30.4 Å². The first-order valence-electron chi connectivity index (χ1n) is 10.2. The van der Waals surface area contributed by atoms with Crippen LogP contribution < -0.4 is 0 Å². The summed E-state index contributed by atoms with van der Waals surface area (Å²) in [5.41, 5.74) is 4.40. The van der Waals surface area contributed by atoms with E-state index < -0.39 is 5.66 Å². The van der Waals surface area contributed by atoms with Crippen molar-refractivity contribution in [1.29, 1.82) is 0 Å². The van der Waals surface area contributed by atoms with Crippen LogP contribution in [0.4, 0.5) is 0 Å². The molecule has 0 aliphatic carbocycles. The lowest BCUT2D eigenvalue weighted by Gasteiger charge is -2.45. The summed E-state index contributed by atoms with van der Waals surface area (Å²) in [6.45, 7) is 15.1. The molecule has 1 unspecified atom stereocenters. The first-order chi connectivity index (χ1) is 14.0. The number of piperidine rings is 1. The summed E-state index contributed by atoms with van der Waals surface area (Å²) >= 11 is 0. The van der Waals surface area contributed by atoms with E-state index in [0.29, 0.717) is 25.0 Å². The Hall–Kier alpha value is -2.69.